The Morgan fingerprint density at radius 1 is 1.22 bits per heavy atom. The van der Waals surface area contributed by atoms with Gasteiger partial charge in [0.15, 0.2) is 0 Å². The van der Waals surface area contributed by atoms with Gasteiger partial charge in [-0.2, -0.15) is 5.10 Å². The van der Waals surface area contributed by atoms with Gasteiger partial charge in [0.2, 0.25) is 10.0 Å². The van der Waals surface area contributed by atoms with Crippen LogP contribution in [-0.4, -0.2) is 29.4 Å². The largest absolute Gasteiger partial charge is 0.281 e. The number of H-pyrrole nitrogens is 1. The van der Waals surface area contributed by atoms with Crippen molar-refractivity contribution >= 4 is 10.0 Å². The third kappa shape index (κ3) is 3.94. The standard InChI is InChI=1S/C11H14N4O2S/c16-18(17,14-9-11-4-7-13-15-11)8-5-10-3-1-2-6-12-10/h1-4,6-7,14H,5,8-9H2,(H,13,15). The molecule has 6 nitrogen and oxygen atoms in total. The molecule has 0 unspecified atom stereocenters. The van der Waals surface area contributed by atoms with Gasteiger partial charge in [0.25, 0.3) is 0 Å². The summed E-state index contributed by atoms with van der Waals surface area (Å²) in [6, 6.07) is 7.17. The quantitative estimate of drug-likeness (QED) is 0.795. The summed E-state index contributed by atoms with van der Waals surface area (Å²) in [4.78, 5) is 4.08. The van der Waals surface area contributed by atoms with Crippen molar-refractivity contribution in [2.75, 3.05) is 5.75 Å². The Labute approximate surface area is 106 Å². The molecule has 18 heavy (non-hydrogen) atoms. The van der Waals surface area contributed by atoms with Crippen molar-refractivity contribution in [1.29, 1.82) is 0 Å². The van der Waals surface area contributed by atoms with Gasteiger partial charge >= 0.3 is 0 Å². The monoisotopic (exact) mass is 266 g/mol. The van der Waals surface area contributed by atoms with Crippen LogP contribution in [0.4, 0.5) is 0 Å². The van der Waals surface area contributed by atoms with Crippen molar-refractivity contribution in [2.24, 2.45) is 0 Å². The third-order valence-electron chi connectivity index (χ3n) is 2.39. The molecule has 2 heterocycles. The predicted octanol–water partition coefficient (Wildman–Crippen LogP) is 0.467. The molecule has 0 spiro atoms. The number of sulfonamides is 1. The van der Waals surface area contributed by atoms with Crippen molar-refractivity contribution in [2.45, 2.75) is 13.0 Å². The highest BCUT2D eigenvalue weighted by Gasteiger charge is 2.10. The molecule has 2 aromatic rings. The topological polar surface area (TPSA) is 87.7 Å². The van der Waals surface area contributed by atoms with Crippen LogP contribution in [0.2, 0.25) is 0 Å². The number of nitrogens with one attached hydrogen (secondary N) is 2. The Bertz CT molecular complexity index is 566. The maximum Gasteiger partial charge on any atom is 0.212 e. The number of pyridine rings is 1. The highest BCUT2D eigenvalue weighted by atomic mass is 32.2. The van der Waals surface area contributed by atoms with Gasteiger partial charge in [-0.25, -0.2) is 13.1 Å². The first-order valence-electron chi connectivity index (χ1n) is 5.51. The van der Waals surface area contributed by atoms with Crippen molar-refractivity contribution in [3.63, 3.8) is 0 Å². The molecule has 2 rings (SSSR count). The lowest BCUT2D eigenvalue weighted by Gasteiger charge is -2.05. The smallest absolute Gasteiger partial charge is 0.212 e. The van der Waals surface area contributed by atoms with E-state index in [2.05, 4.69) is 19.9 Å². The molecule has 0 saturated carbocycles. The number of hydrogen-bond donors (Lipinski definition) is 2. The highest BCUT2D eigenvalue weighted by molar-refractivity contribution is 7.89. The molecule has 96 valence electrons. The maximum atomic E-state index is 11.7. The summed E-state index contributed by atoms with van der Waals surface area (Å²) in [5.74, 6) is 0.0259. The first-order chi connectivity index (χ1) is 8.66. The van der Waals surface area contributed by atoms with Gasteiger partial charge in [-0.15, -0.1) is 0 Å². The number of rotatable bonds is 6. The number of aromatic nitrogens is 3. The zero-order valence-corrected chi connectivity index (χ0v) is 10.5. The molecule has 0 radical (unpaired) electrons. The lowest BCUT2D eigenvalue weighted by molar-refractivity contribution is 0.579. The SMILES string of the molecule is O=S(=O)(CCc1ccccn1)NCc1ccn[nH]1. The summed E-state index contributed by atoms with van der Waals surface area (Å²) in [5, 5.41) is 6.44. The fourth-order valence-electron chi connectivity index (χ4n) is 1.43. The molecule has 0 fully saturated rings. The lowest BCUT2D eigenvalue weighted by atomic mass is 10.3. The molecule has 2 aromatic heterocycles. The van der Waals surface area contributed by atoms with Crippen molar-refractivity contribution < 1.29 is 8.42 Å². The lowest BCUT2D eigenvalue weighted by Crippen LogP contribution is -2.27. The fraction of sp³-hybridized carbons (Fsp3) is 0.273. The molecule has 0 bridgehead atoms. The van der Waals surface area contributed by atoms with Gasteiger partial charge < -0.3 is 0 Å². The molecular weight excluding hydrogens is 252 g/mol. The van der Waals surface area contributed by atoms with E-state index < -0.39 is 10.0 Å². The summed E-state index contributed by atoms with van der Waals surface area (Å²) < 4.78 is 26.0. The average Bonchev–Trinajstić information content (AvgIpc) is 2.89. The summed E-state index contributed by atoms with van der Waals surface area (Å²) in [6.45, 7) is 0.227. The van der Waals surface area contributed by atoms with Gasteiger partial charge in [0, 0.05) is 24.5 Å². The van der Waals surface area contributed by atoms with E-state index in [0.29, 0.717) is 6.42 Å². The molecule has 0 atom stereocenters. The Morgan fingerprint density at radius 3 is 2.78 bits per heavy atom. The summed E-state index contributed by atoms with van der Waals surface area (Å²) in [5.41, 5.74) is 1.50. The molecule has 0 amide bonds. The first-order valence-corrected chi connectivity index (χ1v) is 7.16. The molecule has 0 aromatic carbocycles. The Kier molecular flexibility index (Phi) is 4.06. The molecule has 0 aliphatic carbocycles. The Hall–Kier alpha value is -1.73. The molecule has 2 N–H and O–H groups in total. The zero-order valence-electron chi connectivity index (χ0n) is 9.70. The van der Waals surface area contributed by atoms with E-state index in [-0.39, 0.29) is 12.3 Å². The molecule has 7 heteroatoms. The van der Waals surface area contributed by atoms with Crippen LogP contribution in [0.3, 0.4) is 0 Å². The van der Waals surface area contributed by atoms with Crippen LogP contribution >= 0.6 is 0 Å². The van der Waals surface area contributed by atoms with Crippen LogP contribution in [0.1, 0.15) is 11.4 Å². The summed E-state index contributed by atoms with van der Waals surface area (Å²) in [7, 11) is -3.29. The van der Waals surface area contributed by atoms with Gasteiger partial charge in [-0.1, -0.05) is 6.07 Å². The minimum Gasteiger partial charge on any atom is -0.281 e. The molecule has 0 aliphatic heterocycles. The summed E-state index contributed by atoms with van der Waals surface area (Å²) in [6.07, 6.45) is 3.64. The zero-order chi connectivity index (χ0) is 12.8. The molecule has 0 aliphatic rings. The third-order valence-corrected chi connectivity index (χ3v) is 3.72. The molecular formula is C11H14N4O2S. The van der Waals surface area contributed by atoms with E-state index in [1.807, 2.05) is 12.1 Å². The van der Waals surface area contributed by atoms with Crippen LogP contribution in [0.5, 0.6) is 0 Å². The predicted molar refractivity (Wildman–Crippen MR) is 67.2 cm³/mol. The Balaban J connectivity index is 1.84. The minimum atomic E-state index is -3.29. The minimum absolute atomic E-state index is 0.0259. The normalized spacial score (nSPS) is 11.6. The van der Waals surface area contributed by atoms with E-state index >= 15 is 0 Å². The number of aryl methyl sites for hydroxylation is 1. The second-order valence-corrected chi connectivity index (χ2v) is 5.72. The van der Waals surface area contributed by atoms with Gasteiger partial charge in [-0.3, -0.25) is 10.1 Å². The van der Waals surface area contributed by atoms with Gasteiger partial charge in [-0.05, 0) is 18.2 Å². The van der Waals surface area contributed by atoms with Gasteiger partial charge in [0.1, 0.15) is 0 Å². The van der Waals surface area contributed by atoms with E-state index in [1.54, 1.807) is 24.5 Å². The maximum absolute atomic E-state index is 11.7. The number of nitrogens with zero attached hydrogens (tertiary/aromatic N) is 2. The van der Waals surface area contributed by atoms with Crippen molar-refractivity contribution in [3.8, 4) is 0 Å². The van der Waals surface area contributed by atoms with Crippen LogP contribution in [0, 0.1) is 0 Å². The number of aromatic amines is 1. The second-order valence-electron chi connectivity index (χ2n) is 3.79. The summed E-state index contributed by atoms with van der Waals surface area (Å²) >= 11 is 0. The van der Waals surface area contributed by atoms with E-state index in [9.17, 15) is 8.42 Å². The number of hydrogen-bond acceptors (Lipinski definition) is 4. The van der Waals surface area contributed by atoms with Crippen molar-refractivity contribution in [1.82, 2.24) is 19.9 Å². The Morgan fingerprint density at radius 2 is 2.11 bits per heavy atom. The van der Waals surface area contributed by atoms with Crippen molar-refractivity contribution in [3.05, 3.63) is 48.0 Å². The van der Waals surface area contributed by atoms with Crippen LogP contribution < -0.4 is 4.72 Å². The van der Waals surface area contributed by atoms with Gasteiger partial charge in [0.05, 0.1) is 18.0 Å². The van der Waals surface area contributed by atoms with E-state index in [0.717, 1.165) is 11.4 Å². The van der Waals surface area contributed by atoms with Crippen LogP contribution in [0.15, 0.2) is 36.7 Å². The highest BCUT2D eigenvalue weighted by Crippen LogP contribution is 1.99. The van der Waals surface area contributed by atoms with E-state index in [4.69, 9.17) is 0 Å². The fourth-order valence-corrected chi connectivity index (χ4v) is 2.43. The molecule has 0 saturated heterocycles. The average molecular weight is 266 g/mol. The van der Waals surface area contributed by atoms with E-state index in [1.165, 1.54) is 0 Å². The van der Waals surface area contributed by atoms with Crippen LogP contribution in [0.25, 0.3) is 0 Å². The van der Waals surface area contributed by atoms with Crippen LogP contribution in [-0.2, 0) is 23.0 Å². The first kappa shape index (κ1) is 12.7. The second kappa shape index (κ2) is 5.74.